The summed E-state index contributed by atoms with van der Waals surface area (Å²) in [5, 5.41) is 5.16. The van der Waals surface area contributed by atoms with Gasteiger partial charge in [0.2, 0.25) is 15.5 Å². The molecule has 4 aromatic rings. The Kier molecular flexibility index (Phi) is 4.52. The van der Waals surface area contributed by atoms with Crippen LogP contribution >= 0.6 is 0 Å². The third kappa shape index (κ3) is 3.55. The van der Waals surface area contributed by atoms with Gasteiger partial charge < -0.3 is 4.42 Å². The van der Waals surface area contributed by atoms with E-state index in [0.717, 1.165) is 12.1 Å². The first-order valence-corrected chi connectivity index (χ1v) is 9.94. The first-order valence-electron chi connectivity index (χ1n) is 8.39. The summed E-state index contributed by atoms with van der Waals surface area (Å²) < 4.78 is 55.9. The minimum Gasteiger partial charge on any atom is -0.455 e. The fraction of sp³-hybridized carbons (Fsp3) is 0. The average Bonchev–Trinajstić information content (AvgIpc) is 2.69. The van der Waals surface area contributed by atoms with Crippen molar-refractivity contribution in [1.29, 1.82) is 0 Å². The van der Waals surface area contributed by atoms with Crippen molar-refractivity contribution in [3.8, 4) is 22.5 Å². The van der Waals surface area contributed by atoms with Crippen molar-refractivity contribution in [2.75, 3.05) is 0 Å². The third-order valence-electron chi connectivity index (χ3n) is 4.43. The molecular weight excluding hydrogens is 400 g/mol. The minimum atomic E-state index is -3.89. The summed E-state index contributed by atoms with van der Waals surface area (Å²) in [5.74, 6) is -0.939. The van der Waals surface area contributed by atoms with Crippen molar-refractivity contribution in [3.63, 3.8) is 0 Å². The molecular formula is C21H13F2NO4S. The van der Waals surface area contributed by atoms with E-state index in [-0.39, 0.29) is 27.2 Å². The lowest BCUT2D eigenvalue weighted by molar-refractivity contribution is 0.597. The SMILES string of the molecule is NS(=O)(=O)c1ccc(-c2oc3ccc(F)cc3c(=O)c2-c2ccc(F)cc2)cc1. The molecule has 5 nitrogen and oxygen atoms in total. The van der Waals surface area contributed by atoms with Gasteiger partial charge in [0.1, 0.15) is 23.0 Å². The molecule has 0 unspecified atom stereocenters. The van der Waals surface area contributed by atoms with E-state index in [2.05, 4.69) is 0 Å². The monoisotopic (exact) mass is 413 g/mol. The Balaban J connectivity index is 2.04. The number of nitrogens with two attached hydrogens (primary N) is 1. The van der Waals surface area contributed by atoms with Crippen LogP contribution in [0.4, 0.5) is 8.78 Å². The van der Waals surface area contributed by atoms with Crippen LogP contribution in [0.5, 0.6) is 0 Å². The lowest BCUT2D eigenvalue weighted by Gasteiger charge is -2.11. The van der Waals surface area contributed by atoms with Gasteiger partial charge >= 0.3 is 0 Å². The second-order valence-corrected chi connectivity index (χ2v) is 7.91. The lowest BCUT2D eigenvalue weighted by atomic mass is 9.98. The fourth-order valence-electron chi connectivity index (χ4n) is 3.05. The van der Waals surface area contributed by atoms with Crippen molar-refractivity contribution in [2.45, 2.75) is 4.90 Å². The highest BCUT2D eigenvalue weighted by Gasteiger charge is 2.19. The smallest absolute Gasteiger partial charge is 0.238 e. The first kappa shape index (κ1) is 19.0. The zero-order chi connectivity index (χ0) is 20.8. The molecule has 0 aliphatic carbocycles. The topological polar surface area (TPSA) is 90.4 Å². The second kappa shape index (κ2) is 6.91. The molecule has 8 heteroatoms. The van der Waals surface area contributed by atoms with Gasteiger partial charge in [-0.05, 0) is 60.2 Å². The highest BCUT2D eigenvalue weighted by molar-refractivity contribution is 7.89. The van der Waals surface area contributed by atoms with Crippen LogP contribution in [0.2, 0.25) is 0 Å². The summed E-state index contributed by atoms with van der Waals surface area (Å²) in [7, 11) is -3.89. The molecule has 0 saturated heterocycles. The van der Waals surface area contributed by atoms with E-state index >= 15 is 0 Å². The number of fused-ring (bicyclic) bond motifs is 1. The van der Waals surface area contributed by atoms with Crippen molar-refractivity contribution >= 4 is 21.0 Å². The van der Waals surface area contributed by atoms with Crippen LogP contribution in [0, 0.1) is 11.6 Å². The highest BCUT2D eigenvalue weighted by Crippen LogP contribution is 2.33. The Hall–Kier alpha value is -3.36. The van der Waals surface area contributed by atoms with Crippen LogP contribution in [0.25, 0.3) is 33.4 Å². The first-order chi connectivity index (χ1) is 13.7. The molecule has 4 rings (SSSR count). The van der Waals surface area contributed by atoms with Gasteiger partial charge in [0, 0.05) is 5.56 Å². The summed E-state index contributed by atoms with van der Waals surface area (Å²) in [6.45, 7) is 0. The Labute approximate surface area is 164 Å². The van der Waals surface area contributed by atoms with Crippen molar-refractivity contribution < 1.29 is 21.6 Å². The van der Waals surface area contributed by atoms with E-state index in [1.165, 1.54) is 54.6 Å². The van der Waals surface area contributed by atoms with E-state index < -0.39 is 27.1 Å². The van der Waals surface area contributed by atoms with Crippen LogP contribution in [0.3, 0.4) is 0 Å². The maximum atomic E-state index is 13.7. The molecule has 1 heterocycles. The minimum absolute atomic E-state index is 0.0363. The van der Waals surface area contributed by atoms with Crippen LogP contribution in [0.15, 0.2) is 80.8 Å². The summed E-state index contributed by atoms with van der Waals surface area (Å²) >= 11 is 0. The van der Waals surface area contributed by atoms with Gasteiger partial charge in [-0.2, -0.15) is 0 Å². The van der Waals surface area contributed by atoms with Crippen LogP contribution in [-0.4, -0.2) is 8.42 Å². The van der Waals surface area contributed by atoms with Crippen molar-refractivity contribution in [1.82, 2.24) is 0 Å². The molecule has 0 radical (unpaired) electrons. The molecule has 0 spiro atoms. The summed E-state index contributed by atoms with van der Waals surface area (Å²) in [4.78, 5) is 13.0. The molecule has 0 saturated carbocycles. The fourth-order valence-corrected chi connectivity index (χ4v) is 3.56. The molecule has 0 aliphatic rings. The maximum Gasteiger partial charge on any atom is 0.238 e. The quantitative estimate of drug-likeness (QED) is 0.549. The number of hydrogen-bond donors (Lipinski definition) is 1. The molecule has 0 amide bonds. The number of sulfonamides is 1. The molecule has 0 bridgehead atoms. The summed E-state index contributed by atoms with van der Waals surface area (Å²) in [6, 6.07) is 14.2. The molecule has 146 valence electrons. The standard InChI is InChI=1S/C21H13F2NO4S/c22-14-5-1-12(2-6-14)19-20(25)17-11-15(23)7-10-18(17)28-21(19)13-3-8-16(9-4-13)29(24,26)27/h1-11H,(H2,24,26,27). The number of benzene rings is 3. The predicted molar refractivity (Wildman–Crippen MR) is 105 cm³/mol. The van der Waals surface area contributed by atoms with Crippen LogP contribution < -0.4 is 10.6 Å². The molecule has 0 atom stereocenters. The molecule has 3 aromatic carbocycles. The summed E-state index contributed by atoms with van der Waals surface area (Å²) in [5.41, 5.74) is 0.541. The Bertz CT molecular complexity index is 1390. The van der Waals surface area contributed by atoms with Crippen molar-refractivity contribution in [3.05, 3.63) is 88.6 Å². The molecule has 2 N–H and O–H groups in total. The van der Waals surface area contributed by atoms with Crippen LogP contribution in [-0.2, 0) is 10.0 Å². The zero-order valence-corrected chi connectivity index (χ0v) is 15.5. The van der Waals surface area contributed by atoms with E-state index in [1.54, 1.807) is 0 Å². The van der Waals surface area contributed by atoms with Gasteiger partial charge in [-0.15, -0.1) is 0 Å². The van der Waals surface area contributed by atoms with Gasteiger partial charge in [-0.1, -0.05) is 12.1 Å². The number of halogens is 2. The largest absolute Gasteiger partial charge is 0.455 e. The van der Waals surface area contributed by atoms with Gasteiger partial charge in [-0.25, -0.2) is 22.3 Å². The Morgan fingerprint density at radius 1 is 0.793 bits per heavy atom. The lowest BCUT2D eigenvalue weighted by Crippen LogP contribution is -2.12. The highest BCUT2D eigenvalue weighted by atomic mass is 32.2. The summed E-state index contributed by atoms with van der Waals surface area (Å²) in [6.07, 6.45) is 0. The molecule has 0 fully saturated rings. The molecule has 1 aromatic heterocycles. The molecule has 29 heavy (non-hydrogen) atoms. The van der Waals surface area contributed by atoms with Gasteiger partial charge in [0.05, 0.1) is 15.8 Å². The predicted octanol–water partition coefficient (Wildman–Crippen LogP) is 4.05. The Morgan fingerprint density at radius 3 is 2.00 bits per heavy atom. The van der Waals surface area contributed by atoms with E-state index in [1.807, 2.05) is 0 Å². The maximum absolute atomic E-state index is 13.7. The van der Waals surface area contributed by atoms with E-state index in [0.29, 0.717) is 11.1 Å². The number of rotatable bonds is 3. The number of hydrogen-bond acceptors (Lipinski definition) is 4. The average molecular weight is 413 g/mol. The van der Waals surface area contributed by atoms with Gasteiger partial charge in [0.25, 0.3) is 0 Å². The normalized spacial score (nSPS) is 11.7. The second-order valence-electron chi connectivity index (χ2n) is 6.35. The van der Waals surface area contributed by atoms with Crippen molar-refractivity contribution in [2.24, 2.45) is 5.14 Å². The van der Waals surface area contributed by atoms with Gasteiger partial charge in [-0.3, -0.25) is 4.79 Å². The van der Waals surface area contributed by atoms with E-state index in [9.17, 15) is 22.0 Å². The van der Waals surface area contributed by atoms with Crippen LogP contribution in [0.1, 0.15) is 0 Å². The Morgan fingerprint density at radius 2 is 1.38 bits per heavy atom. The third-order valence-corrected chi connectivity index (χ3v) is 5.36. The zero-order valence-electron chi connectivity index (χ0n) is 14.7. The number of primary sulfonamides is 1. The molecule has 0 aliphatic heterocycles. The van der Waals surface area contributed by atoms with Gasteiger partial charge in [0.15, 0.2) is 0 Å². The van der Waals surface area contributed by atoms with E-state index in [4.69, 9.17) is 9.56 Å².